The van der Waals surface area contributed by atoms with E-state index in [1.54, 1.807) is 18.9 Å². The van der Waals surface area contributed by atoms with Crippen molar-refractivity contribution < 1.29 is 14.0 Å². The summed E-state index contributed by atoms with van der Waals surface area (Å²) in [5, 5.41) is 2.67. The van der Waals surface area contributed by atoms with Gasteiger partial charge in [-0.25, -0.2) is 4.98 Å². The molecule has 1 saturated heterocycles. The van der Waals surface area contributed by atoms with Crippen molar-refractivity contribution in [3.05, 3.63) is 17.8 Å². The van der Waals surface area contributed by atoms with E-state index < -0.39 is 0 Å². The zero-order valence-corrected chi connectivity index (χ0v) is 12.9. The van der Waals surface area contributed by atoms with E-state index in [9.17, 15) is 9.59 Å². The molecule has 116 valence electrons. The Morgan fingerprint density at radius 2 is 2.14 bits per heavy atom. The lowest BCUT2D eigenvalue weighted by atomic mass is 10.1. The molecule has 1 atom stereocenters. The Balaban J connectivity index is 2.13. The second kappa shape index (κ2) is 6.26. The summed E-state index contributed by atoms with van der Waals surface area (Å²) in [4.78, 5) is 32.3. The number of rotatable bonds is 3. The van der Waals surface area contributed by atoms with Gasteiger partial charge in [-0.15, -0.1) is 0 Å². The van der Waals surface area contributed by atoms with E-state index in [1.165, 1.54) is 6.26 Å². The van der Waals surface area contributed by atoms with Crippen LogP contribution in [0.2, 0.25) is 0 Å². The van der Waals surface area contributed by atoms with Gasteiger partial charge >= 0.3 is 0 Å². The van der Waals surface area contributed by atoms with Gasteiger partial charge in [0.2, 0.25) is 5.91 Å². The van der Waals surface area contributed by atoms with E-state index >= 15 is 0 Å². The number of aryl methyl sites for hydroxylation is 1. The molecule has 0 bridgehead atoms. The largest absolute Gasteiger partial charge is 0.448 e. The first-order chi connectivity index (χ1) is 9.93. The molecular weight excluding hydrogens is 272 g/mol. The zero-order valence-electron chi connectivity index (χ0n) is 12.9. The number of piperazine rings is 1. The third-order valence-electron chi connectivity index (χ3n) is 3.76. The van der Waals surface area contributed by atoms with Crippen molar-refractivity contribution in [1.82, 2.24) is 20.1 Å². The third kappa shape index (κ3) is 3.24. The van der Waals surface area contributed by atoms with Gasteiger partial charge in [0.05, 0.1) is 0 Å². The van der Waals surface area contributed by atoms with Gasteiger partial charge in [0.25, 0.3) is 5.91 Å². The average molecular weight is 294 g/mol. The van der Waals surface area contributed by atoms with Gasteiger partial charge in [-0.1, -0.05) is 0 Å². The normalized spacial score (nSPS) is 19.9. The van der Waals surface area contributed by atoms with Gasteiger partial charge < -0.3 is 14.6 Å². The van der Waals surface area contributed by atoms with Crippen molar-refractivity contribution in [3.63, 3.8) is 0 Å². The fourth-order valence-corrected chi connectivity index (χ4v) is 2.62. The molecule has 0 aliphatic carbocycles. The van der Waals surface area contributed by atoms with Crippen molar-refractivity contribution in [1.29, 1.82) is 0 Å². The summed E-state index contributed by atoms with van der Waals surface area (Å²) in [5.74, 6) is 0.198. The Bertz CT molecular complexity index is 526. The van der Waals surface area contributed by atoms with E-state index in [-0.39, 0.29) is 23.9 Å². The molecule has 1 aromatic rings. The van der Waals surface area contributed by atoms with Crippen LogP contribution in [0.15, 0.2) is 10.7 Å². The van der Waals surface area contributed by atoms with E-state index in [0.717, 1.165) is 0 Å². The highest BCUT2D eigenvalue weighted by Crippen LogP contribution is 2.16. The van der Waals surface area contributed by atoms with Crippen LogP contribution in [0.3, 0.4) is 0 Å². The predicted octanol–water partition coefficient (Wildman–Crippen LogP) is 0.264. The number of hydrogen-bond acceptors (Lipinski definition) is 5. The molecule has 2 amide bonds. The number of carbonyl (C=O) groups excluding carboxylic acids is 2. The number of likely N-dealkylation sites (N-methyl/N-ethyl adjacent to an activating group) is 1. The molecular formula is C14H22N4O3. The molecule has 21 heavy (non-hydrogen) atoms. The van der Waals surface area contributed by atoms with Crippen molar-refractivity contribution in [3.8, 4) is 0 Å². The number of oxazole rings is 1. The zero-order chi connectivity index (χ0) is 15.6. The SMILES string of the molecule is CNC(=O)C1CN(C(=O)c2coc(C)n2)CCN1C(C)C. The second-order valence-corrected chi connectivity index (χ2v) is 5.46. The molecule has 0 radical (unpaired) electrons. The lowest BCUT2D eigenvalue weighted by Gasteiger charge is -2.42. The summed E-state index contributed by atoms with van der Waals surface area (Å²) in [6, 6.07) is -0.0838. The molecule has 7 nitrogen and oxygen atoms in total. The summed E-state index contributed by atoms with van der Waals surface area (Å²) in [7, 11) is 1.61. The molecule has 7 heteroatoms. The minimum absolute atomic E-state index is 0.0717. The fraction of sp³-hybridized carbons (Fsp3) is 0.643. The Labute approximate surface area is 124 Å². The molecule has 2 heterocycles. The van der Waals surface area contributed by atoms with Gasteiger partial charge in [0, 0.05) is 39.6 Å². The van der Waals surface area contributed by atoms with Crippen molar-refractivity contribution in [2.75, 3.05) is 26.7 Å². The van der Waals surface area contributed by atoms with Gasteiger partial charge in [0.15, 0.2) is 11.6 Å². The molecule has 1 aliphatic heterocycles. The Morgan fingerprint density at radius 3 is 2.67 bits per heavy atom. The van der Waals surface area contributed by atoms with Crippen molar-refractivity contribution in [2.45, 2.75) is 32.9 Å². The maximum atomic E-state index is 12.4. The van der Waals surface area contributed by atoms with Gasteiger partial charge in [0.1, 0.15) is 12.3 Å². The van der Waals surface area contributed by atoms with Crippen LogP contribution >= 0.6 is 0 Å². The summed E-state index contributed by atoms with van der Waals surface area (Å²) < 4.78 is 5.08. The lowest BCUT2D eigenvalue weighted by molar-refractivity contribution is -0.128. The molecule has 0 aromatic carbocycles. The summed E-state index contributed by atoms with van der Waals surface area (Å²) in [6.45, 7) is 7.40. The van der Waals surface area contributed by atoms with E-state index in [4.69, 9.17) is 4.42 Å². The second-order valence-electron chi connectivity index (χ2n) is 5.46. The first-order valence-corrected chi connectivity index (χ1v) is 7.12. The van der Waals surface area contributed by atoms with Gasteiger partial charge in [-0.3, -0.25) is 14.5 Å². The van der Waals surface area contributed by atoms with Crippen LogP contribution in [0.4, 0.5) is 0 Å². The first-order valence-electron chi connectivity index (χ1n) is 7.12. The quantitative estimate of drug-likeness (QED) is 0.865. The van der Waals surface area contributed by atoms with Crippen LogP contribution in [-0.2, 0) is 4.79 Å². The average Bonchev–Trinajstić information content (AvgIpc) is 2.91. The Hall–Kier alpha value is -1.89. The monoisotopic (exact) mass is 294 g/mol. The Kier molecular flexibility index (Phi) is 4.62. The summed E-state index contributed by atoms with van der Waals surface area (Å²) in [6.07, 6.45) is 1.36. The number of hydrogen-bond donors (Lipinski definition) is 1. The lowest BCUT2D eigenvalue weighted by Crippen LogP contribution is -2.61. The van der Waals surface area contributed by atoms with Crippen LogP contribution in [0.25, 0.3) is 0 Å². The topological polar surface area (TPSA) is 78.7 Å². The molecule has 0 spiro atoms. The highest BCUT2D eigenvalue weighted by atomic mass is 16.3. The van der Waals surface area contributed by atoms with E-state index in [1.807, 2.05) is 0 Å². The maximum absolute atomic E-state index is 12.4. The molecule has 1 N–H and O–H groups in total. The molecule has 2 rings (SSSR count). The Morgan fingerprint density at radius 1 is 1.43 bits per heavy atom. The van der Waals surface area contributed by atoms with Crippen LogP contribution in [0.1, 0.15) is 30.2 Å². The number of nitrogens with one attached hydrogen (secondary N) is 1. The fourth-order valence-electron chi connectivity index (χ4n) is 2.62. The van der Waals surface area contributed by atoms with Crippen LogP contribution in [-0.4, -0.2) is 65.4 Å². The molecule has 0 saturated carbocycles. The number of aromatic nitrogens is 1. The smallest absolute Gasteiger partial charge is 0.275 e. The maximum Gasteiger partial charge on any atom is 0.275 e. The number of amides is 2. The van der Waals surface area contributed by atoms with Crippen LogP contribution < -0.4 is 5.32 Å². The van der Waals surface area contributed by atoms with Crippen molar-refractivity contribution >= 4 is 11.8 Å². The third-order valence-corrected chi connectivity index (χ3v) is 3.76. The minimum atomic E-state index is -0.333. The summed E-state index contributed by atoms with van der Waals surface area (Å²) in [5.41, 5.74) is 0.293. The van der Waals surface area contributed by atoms with E-state index in [2.05, 4.69) is 29.0 Å². The number of nitrogens with zero attached hydrogens (tertiary/aromatic N) is 3. The molecule has 1 aromatic heterocycles. The molecule has 1 unspecified atom stereocenters. The van der Waals surface area contributed by atoms with Gasteiger partial charge in [-0.2, -0.15) is 0 Å². The predicted molar refractivity (Wildman–Crippen MR) is 76.8 cm³/mol. The minimum Gasteiger partial charge on any atom is -0.448 e. The number of carbonyl (C=O) groups is 2. The molecule has 1 aliphatic rings. The molecule has 1 fully saturated rings. The highest BCUT2D eigenvalue weighted by molar-refractivity contribution is 5.93. The first kappa shape index (κ1) is 15.5. The van der Waals surface area contributed by atoms with Crippen LogP contribution in [0, 0.1) is 6.92 Å². The van der Waals surface area contributed by atoms with E-state index in [0.29, 0.717) is 31.2 Å². The van der Waals surface area contributed by atoms with Crippen molar-refractivity contribution in [2.24, 2.45) is 0 Å². The highest BCUT2D eigenvalue weighted by Gasteiger charge is 2.35. The standard InChI is InChI=1S/C14H22N4O3/c1-9(2)18-6-5-17(7-12(18)13(19)15-4)14(20)11-8-21-10(3)16-11/h8-9,12H,5-7H2,1-4H3,(H,15,19). The summed E-state index contributed by atoms with van der Waals surface area (Å²) >= 11 is 0. The van der Waals surface area contributed by atoms with Gasteiger partial charge in [-0.05, 0) is 13.8 Å². The van der Waals surface area contributed by atoms with Crippen LogP contribution in [0.5, 0.6) is 0 Å².